The zero-order valence-electron chi connectivity index (χ0n) is 16.3. The maximum absolute atomic E-state index is 13.3. The number of halogens is 1. The van der Waals surface area contributed by atoms with Crippen LogP contribution < -0.4 is 4.90 Å². The van der Waals surface area contributed by atoms with Gasteiger partial charge in [0.05, 0.1) is 32.9 Å². The topological polar surface area (TPSA) is 93.9 Å². The molecule has 9 heteroatoms. The van der Waals surface area contributed by atoms with E-state index in [2.05, 4.69) is 20.1 Å². The number of hydrogen-bond donors (Lipinski definition) is 0. The molecule has 2 amide bonds. The van der Waals surface area contributed by atoms with Gasteiger partial charge in [-0.15, -0.1) is 0 Å². The van der Waals surface area contributed by atoms with Gasteiger partial charge in [-0.3, -0.25) is 9.59 Å². The van der Waals surface area contributed by atoms with Crippen molar-refractivity contribution in [1.29, 1.82) is 0 Å². The monoisotopic (exact) mass is 418 g/mol. The van der Waals surface area contributed by atoms with Gasteiger partial charge in [0.25, 0.3) is 17.8 Å². The number of hydrogen-bond acceptors (Lipinski definition) is 6. The van der Waals surface area contributed by atoms with Gasteiger partial charge in [-0.25, -0.2) is 19.9 Å². The number of benzene rings is 1. The fourth-order valence-electron chi connectivity index (χ4n) is 3.75. The number of anilines is 1. The van der Waals surface area contributed by atoms with Crippen molar-refractivity contribution >= 4 is 40.1 Å². The summed E-state index contributed by atoms with van der Waals surface area (Å²) in [6.45, 7) is 5.50. The molecule has 0 fully saturated rings. The Morgan fingerprint density at radius 2 is 1.67 bits per heavy atom. The number of rotatable bonds is 2. The molecule has 1 aliphatic rings. The Bertz CT molecular complexity index is 1370. The molecule has 3 aromatic heterocycles. The largest absolute Gasteiger partial charge is 0.268 e. The summed E-state index contributed by atoms with van der Waals surface area (Å²) < 4.78 is 1.50. The molecule has 5 rings (SSSR count). The number of fused-ring (bicyclic) bond motifs is 3. The van der Waals surface area contributed by atoms with Crippen LogP contribution in [0.4, 0.5) is 5.69 Å². The summed E-state index contributed by atoms with van der Waals surface area (Å²) in [5, 5.41) is 5.33. The van der Waals surface area contributed by atoms with Crippen LogP contribution in [0.15, 0.2) is 36.5 Å². The van der Waals surface area contributed by atoms with Crippen LogP contribution in [0.5, 0.6) is 0 Å². The Balaban J connectivity index is 1.74. The number of para-hydroxylation sites is 1. The number of carbonyl (C=O) groups is 2. The fourth-order valence-corrected chi connectivity index (χ4v) is 3.97. The van der Waals surface area contributed by atoms with E-state index in [1.165, 1.54) is 10.9 Å². The lowest BCUT2D eigenvalue weighted by Crippen LogP contribution is -2.29. The number of carbonyl (C=O) groups excluding carboxylic acids is 2. The molecular weight excluding hydrogens is 404 g/mol. The Morgan fingerprint density at radius 1 is 0.967 bits per heavy atom. The minimum absolute atomic E-state index is 0.219. The molecule has 1 aliphatic heterocycles. The summed E-state index contributed by atoms with van der Waals surface area (Å²) in [6.07, 6.45) is 1.40. The van der Waals surface area contributed by atoms with E-state index < -0.39 is 11.8 Å². The number of pyridine rings is 1. The maximum Gasteiger partial charge on any atom is 0.267 e. The molecule has 0 radical (unpaired) electrons. The van der Waals surface area contributed by atoms with E-state index in [1.807, 2.05) is 19.9 Å². The van der Waals surface area contributed by atoms with Crippen LogP contribution in [-0.2, 0) is 0 Å². The molecule has 4 heterocycles. The highest BCUT2D eigenvalue weighted by atomic mass is 35.5. The highest BCUT2D eigenvalue weighted by Crippen LogP contribution is 2.36. The Labute approximate surface area is 176 Å². The molecule has 0 atom stereocenters. The lowest BCUT2D eigenvalue weighted by molar-refractivity contribution is 0.0926. The van der Waals surface area contributed by atoms with Crippen LogP contribution in [0.3, 0.4) is 0 Å². The van der Waals surface area contributed by atoms with Crippen LogP contribution in [0.1, 0.15) is 37.8 Å². The first-order valence-corrected chi connectivity index (χ1v) is 9.59. The maximum atomic E-state index is 13.3. The lowest BCUT2D eigenvalue weighted by atomic mass is 10.1. The smallest absolute Gasteiger partial charge is 0.267 e. The average molecular weight is 419 g/mol. The van der Waals surface area contributed by atoms with Gasteiger partial charge in [-0.1, -0.05) is 23.7 Å². The predicted molar refractivity (Wildman–Crippen MR) is 111 cm³/mol. The van der Waals surface area contributed by atoms with E-state index in [0.29, 0.717) is 33.4 Å². The number of amides is 2. The second kappa shape index (κ2) is 6.43. The zero-order chi connectivity index (χ0) is 21.2. The van der Waals surface area contributed by atoms with Gasteiger partial charge in [0.2, 0.25) is 0 Å². The lowest BCUT2D eigenvalue weighted by Gasteiger charge is -2.15. The van der Waals surface area contributed by atoms with Gasteiger partial charge in [0, 0.05) is 17.6 Å². The molecule has 0 aliphatic carbocycles. The van der Waals surface area contributed by atoms with Crippen molar-refractivity contribution < 1.29 is 9.59 Å². The van der Waals surface area contributed by atoms with Crippen LogP contribution in [-0.4, -0.2) is 36.5 Å². The fraction of sp³-hybridized carbons (Fsp3) is 0.143. The number of imide groups is 1. The summed E-state index contributed by atoms with van der Waals surface area (Å²) >= 11 is 6.25. The summed E-state index contributed by atoms with van der Waals surface area (Å²) in [6, 6.07) is 8.58. The minimum Gasteiger partial charge on any atom is -0.268 e. The number of aromatic nitrogens is 5. The third kappa shape index (κ3) is 2.54. The van der Waals surface area contributed by atoms with E-state index in [-0.39, 0.29) is 11.1 Å². The molecular formula is C21H15ClN6O2. The van der Waals surface area contributed by atoms with Crippen molar-refractivity contribution in [2.75, 3.05) is 4.90 Å². The molecule has 30 heavy (non-hydrogen) atoms. The Morgan fingerprint density at radius 3 is 2.37 bits per heavy atom. The van der Waals surface area contributed by atoms with Gasteiger partial charge in [-0.05, 0) is 39.0 Å². The van der Waals surface area contributed by atoms with E-state index in [4.69, 9.17) is 11.6 Å². The van der Waals surface area contributed by atoms with Crippen LogP contribution in [0.25, 0.3) is 17.0 Å². The second-order valence-electron chi connectivity index (χ2n) is 7.09. The van der Waals surface area contributed by atoms with E-state index in [9.17, 15) is 9.59 Å². The van der Waals surface area contributed by atoms with Crippen molar-refractivity contribution in [3.8, 4) is 5.95 Å². The zero-order valence-corrected chi connectivity index (χ0v) is 17.1. The van der Waals surface area contributed by atoms with Crippen molar-refractivity contribution in [3.05, 3.63) is 69.8 Å². The SMILES string of the molecule is Cc1cc(C)nc(-n2nc(C)c3c4c(cnc32)C(=O)N(c2ccccc2Cl)C4=O)n1. The van der Waals surface area contributed by atoms with Gasteiger partial charge >= 0.3 is 0 Å². The Kier molecular flexibility index (Phi) is 3.94. The quantitative estimate of drug-likeness (QED) is 0.462. The third-order valence-corrected chi connectivity index (χ3v) is 5.29. The number of nitrogens with zero attached hydrogens (tertiary/aromatic N) is 6. The molecule has 0 unspecified atom stereocenters. The molecule has 0 bridgehead atoms. The Hall–Kier alpha value is -3.65. The summed E-state index contributed by atoms with van der Waals surface area (Å²) in [5.41, 5.74) is 3.36. The third-order valence-electron chi connectivity index (χ3n) is 4.98. The molecule has 0 saturated carbocycles. The average Bonchev–Trinajstić information content (AvgIpc) is 3.16. The standard InChI is InChI=1S/C21H15ClN6O2/c1-10-8-11(2)25-21(24-10)28-18-16(12(3)26-28)17-13(9-23-18)19(29)27(20(17)30)15-7-5-4-6-14(15)22/h4-9H,1-3H3. The molecule has 8 nitrogen and oxygen atoms in total. The molecule has 1 aromatic carbocycles. The van der Waals surface area contributed by atoms with Crippen molar-refractivity contribution in [1.82, 2.24) is 24.7 Å². The van der Waals surface area contributed by atoms with E-state index in [0.717, 1.165) is 16.3 Å². The highest BCUT2D eigenvalue weighted by molar-refractivity contribution is 6.41. The minimum atomic E-state index is -0.465. The molecule has 148 valence electrons. The second-order valence-corrected chi connectivity index (χ2v) is 7.50. The first kappa shape index (κ1) is 18.4. The molecule has 0 saturated heterocycles. The van der Waals surface area contributed by atoms with Crippen molar-refractivity contribution in [2.24, 2.45) is 0 Å². The summed E-state index contributed by atoms with van der Waals surface area (Å²) in [7, 11) is 0. The predicted octanol–water partition coefficient (Wildman–Crippen LogP) is 3.59. The van der Waals surface area contributed by atoms with Crippen LogP contribution in [0.2, 0.25) is 5.02 Å². The highest BCUT2D eigenvalue weighted by Gasteiger charge is 2.40. The van der Waals surface area contributed by atoms with E-state index in [1.54, 1.807) is 31.2 Å². The van der Waals surface area contributed by atoms with Crippen molar-refractivity contribution in [3.63, 3.8) is 0 Å². The molecule has 0 spiro atoms. The number of aryl methyl sites for hydroxylation is 3. The van der Waals surface area contributed by atoms with Crippen LogP contribution in [0, 0.1) is 20.8 Å². The van der Waals surface area contributed by atoms with Crippen molar-refractivity contribution in [2.45, 2.75) is 20.8 Å². The summed E-state index contributed by atoms with van der Waals surface area (Å²) in [4.78, 5) is 40.8. The van der Waals surface area contributed by atoms with Gasteiger partial charge in [0.1, 0.15) is 0 Å². The van der Waals surface area contributed by atoms with Gasteiger partial charge in [0.15, 0.2) is 5.65 Å². The van der Waals surface area contributed by atoms with Crippen LogP contribution >= 0.6 is 11.6 Å². The summed E-state index contributed by atoms with van der Waals surface area (Å²) in [5.74, 6) is -0.565. The first-order valence-electron chi connectivity index (χ1n) is 9.21. The normalized spacial score (nSPS) is 13.4. The van der Waals surface area contributed by atoms with Gasteiger partial charge < -0.3 is 0 Å². The van der Waals surface area contributed by atoms with Gasteiger partial charge in [-0.2, -0.15) is 9.78 Å². The van der Waals surface area contributed by atoms with E-state index >= 15 is 0 Å². The first-order chi connectivity index (χ1) is 14.4. The molecule has 4 aromatic rings. The molecule has 0 N–H and O–H groups in total.